The van der Waals surface area contributed by atoms with Crippen molar-refractivity contribution in [2.75, 3.05) is 7.11 Å². The summed E-state index contributed by atoms with van der Waals surface area (Å²) >= 11 is 5.97. The Hall–Kier alpha value is -2.03. The Kier molecular flexibility index (Phi) is 10.3. The number of nitrogens with one attached hydrogen (secondary N) is 3. The number of carbonyl (C=O) groups excluding carboxylic acids is 4. The SMILES string of the molecule is COC(=O)[C@@H](NC(=O)[C@H](Cl)NC(=O)[C@@H](NC(=O)OC(C)(C)C)C(C)C)C(C)C. The van der Waals surface area contributed by atoms with Gasteiger partial charge in [0.2, 0.25) is 5.91 Å². The number of halogens is 1. The maximum absolute atomic E-state index is 12.5. The summed E-state index contributed by atoms with van der Waals surface area (Å²) in [6.45, 7) is 12.0. The smallest absolute Gasteiger partial charge is 0.408 e. The van der Waals surface area contributed by atoms with Crippen LogP contribution in [0.15, 0.2) is 0 Å². The zero-order valence-electron chi connectivity index (χ0n) is 17.7. The number of esters is 1. The number of methoxy groups -OCH3 is 1. The first-order valence-corrected chi connectivity index (χ1v) is 9.45. The van der Waals surface area contributed by atoms with Gasteiger partial charge in [-0.15, -0.1) is 0 Å². The van der Waals surface area contributed by atoms with Crippen LogP contribution in [0.2, 0.25) is 0 Å². The minimum Gasteiger partial charge on any atom is -0.467 e. The molecule has 0 spiro atoms. The van der Waals surface area contributed by atoms with Crippen LogP contribution in [0.4, 0.5) is 4.79 Å². The van der Waals surface area contributed by atoms with Crippen LogP contribution in [0, 0.1) is 11.8 Å². The van der Waals surface area contributed by atoms with Crippen LogP contribution in [0.5, 0.6) is 0 Å². The molecule has 0 aliphatic carbocycles. The van der Waals surface area contributed by atoms with Gasteiger partial charge in [0.05, 0.1) is 7.11 Å². The van der Waals surface area contributed by atoms with Crippen LogP contribution in [0.3, 0.4) is 0 Å². The van der Waals surface area contributed by atoms with E-state index in [4.69, 9.17) is 16.3 Å². The molecule has 28 heavy (non-hydrogen) atoms. The highest BCUT2D eigenvalue weighted by Gasteiger charge is 2.32. The summed E-state index contributed by atoms with van der Waals surface area (Å²) in [5.41, 5.74) is -2.17. The molecule has 0 saturated carbocycles. The van der Waals surface area contributed by atoms with Gasteiger partial charge in [0.25, 0.3) is 5.91 Å². The number of amides is 3. The summed E-state index contributed by atoms with van der Waals surface area (Å²) < 4.78 is 9.79. The minimum atomic E-state index is -1.44. The molecule has 0 aromatic carbocycles. The maximum Gasteiger partial charge on any atom is 0.408 e. The number of hydrogen-bond acceptors (Lipinski definition) is 6. The molecule has 0 saturated heterocycles. The molecule has 3 N–H and O–H groups in total. The second-order valence-corrected chi connectivity index (χ2v) is 8.43. The van der Waals surface area contributed by atoms with Gasteiger partial charge in [0.1, 0.15) is 17.7 Å². The van der Waals surface area contributed by atoms with Crippen molar-refractivity contribution < 1.29 is 28.7 Å². The lowest BCUT2D eigenvalue weighted by Gasteiger charge is -2.26. The van der Waals surface area contributed by atoms with Crippen molar-refractivity contribution in [1.82, 2.24) is 16.0 Å². The zero-order valence-corrected chi connectivity index (χ0v) is 18.5. The fourth-order valence-electron chi connectivity index (χ4n) is 2.10. The van der Waals surface area contributed by atoms with Gasteiger partial charge in [0, 0.05) is 0 Å². The molecule has 0 fully saturated rings. The second-order valence-electron chi connectivity index (χ2n) is 7.99. The Bertz CT molecular complexity index is 574. The summed E-state index contributed by atoms with van der Waals surface area (Å²) in [5, 5.41) is 7.23. The van der Waals surface area contributed by atoms with Gasteiger partial charge in [-0.25, -0.2) is 9.59 Å². The van der Waals surface area contributed by atoms with E-state index < -0.39 is 47.1 Å². The summed E-state index contributed by atoms with van der Waals surface area (Å²) in [6, 6.07) is -1.87. The van der Waals surface area contributed by atoms with Crippen molar-refractivity contribution in [2.24, 2.45) is 11.8 Å². The van der Waals surface area contributed by atoms with Crippen molar-refractivity contribution in [3.05, 3.63) is 0 Å². The van der Waals surface area contributed by atoms with Crippen LogP contribution in [-0.2, 0) is 23.9 Å². The molecule has 3 amide bonds. The fourth-order valence-corrected chi connectivity index (χ4v) is 2.27. The fraction of sp³-hybridized carbons (Fsp3) is 0.778. The molecule has 162 valence electrons. The summed E-state index contributed by atoms with van der Waals surface area (Å²) in [6.07, 6.45) is -0.762. The highest BCUT2D eigenvalue weighted by Crippen LogP contribution is 2.10. The Morgan fingerprint density at radius 3 is 1.71 bits per heavy atom. The highest BCUT2D eigenvalue weighted by atomic mass is 35.5. The molecule has 0 heterocycles. The quantitative estimate of drug-likeness (QED) is 0.310. The molecule has 0 rings (SSSR count). The molecule has 10 heteroatoms. The normalized spacial score (nSPS) is 14.7. The molecule has 0 bridgehead atoms. The van der Waals surface area contributed by atoms with Crippen molar-refractivity contribution >= 4 is 35.5 Å². The van der Waals surface area contributed by atoms with E-state index in [1.165, 1.54) is 7.11 Å². The molecular weight excluding hydrogens is 390 g/mol. The van der Waals surface area contributed by atoms with E-state index in [0.29, 0.717) is 0 Å². The monoisotopic (exact) mass is 421 g/mol. The topological polar surface area (TPSA) is 123 Å². The summed E-state index contributed by atoms with van der Waals surface area (Å²) in [7, 11) is 1.21. The average Bonchev–Trinajstić information content (AvgIpc) is 2.54. The van der Waals surface area contributed by atoms with Gasteiger partial charge in [-0.05, 0) is 32.6 Å². The van der Waals surface area contributed by atoms with Gasteiger partial charge >= 0.3 is 12.1 Å². The van der Waals surface area contributed by atoms with Crippen LogP contribution in [0.25, 0.3) is 0 Å². The van der Waals surface area contributed by atoms with Crippen LogP contribution in [-0.4, -0.2) is 54.2 Å². The Morgan fingerprint density at radius 2 is 1.32 bits per heavy atom. The van der Waals surface area contributed by atoms with Gasteiger partial charge in [-0.2, -0.15) is 0 Å². The first-order chi connectivity index (χ1) is 12.7. The first-order valence-electron chi connectivity index (χ1n) is 9.01. The van der Waals surface area contributed by atoms with Crippen LogP contribution < -0.4 is 16.0 Å². The molecule has 0 aromatic rings. The molecule has 3 atom stereocenters. The third-order valence-electron chi connectivity index (χ3n) is 3.54. The number of carbonyl (C=O) groups is 4. The lowest BCUT2D eigenvalue weighted by atomic mass is 10.0. The Morgan fingerprint density at radius 1 is 0.821 bits per heavy atom. The second kappa shape index (κ2) is 11.1. The lowest BCUT2D eigenvalue weighted by molar-refractivity contribution is -0.146. The summed E-state index contributed by atoms with van der Waals surface area (Å²) in [5.74, 6) is -2.58. The van der Waals surface area contributed by atoms with E-state index in [1.54, 1.807) is 48.5 Å². The van der Waals surface area contributed by atoms with Crippen molar-refractivity contribution in [2.45, 2.75) is 71.7 Å². The van der Waals surface area contributed by atoms with E-state index in [-0.39, 0.29) is 11.8 Å². The number of rotatable bonds is 8. The predicted octanol–water partition coefficient (Wildman–Crippen LogP) is 1.53. The average molecular weight is 422 g/mol. The van der Waals surface area contributed by atoms with Crippen LogP contribution in [0.1, 0.15) is 48.5 Å². The van der Waals surface area contributed by atoms with Crippen molar-refractivity contribution in [1.29, 1.82) is 0 Å². The third-order valence-corrected chi connectivity index (χ3v) is 3.85. The third kappa shape index (κ3) is 9.25. The maximum atomic E-state index is 12.5. The summed E-state index contributed by atoms with van der Waals surface area (Å²) in [4.78, 5) is 48.4. The van der Waals surface area contributed by atoms with Gasteiger partial charge < -0.3 is 25.4 Å². The lowest BCUT2D eigenvalue weighted by Crippen LogP contribution is -2.56. The van der Waals surface area contributed by atoms with Gasteiger partial charge in [-0.1, -0.05) is 39.3 Å². The molecule has 0 aliphatic rings. The Labute approximate surface area is 171 Å². The molecule has 0 unspecified atom stereocenters. The number of ether oxygens (including phenoxy) is 2. The number of alkyl carbamates (subject to hydrolysis) is 1. The van der Waals surface area contributed by atoms with Gasteiger partial charge in [0.15, 0.2) is 5.50 Å². The van der Waals surface area contributed by atoms with E-state index in [0.717, 1.165) is 0 Å². The predicted molar refractivity (Wildman–Crippen MR) is 105 cm³/mol. The molecule has 0 aromatic heterocycles. The first kappa shape index (κ1) is 26.0. The van der Waals surface area contributed by atoms with Gasteiger partial charge in [-0.3, -0.25) is 9.59 Å². The van der Waals surface area contributed by atoms with E-state index >= 15 is 0 Å². The van der Waals surface area contributed by atoms with Crippen LogP contribution >= 0.6 is 11.6 Å². The van der Waals surface area contributed by atoms with E-state index in [2.05, 4.69) is 20.7 Å². The minimum absolute atomic E-state index is 0.242. The number of hydrogen-bond donors (Lipinski definition) is 3. The molecule has 0 aliphatic heterocycles. The molecule has 0 radical (unpaired) electrons. The van der Waals surface area contributed by atoms with Crippen molar-refractivity contribution in [3.63, 3.8) is 0 Å². The standard InChI is InChI=1S/C18H32ClN3O6/c1-9(2)11(21-17(26)28-18(5,6)7)14(23)22-13(19)15(24)20-12(10(3)4)16(25)27-8/h9-13H,1-8H3,(H,20,24)(H,21,26)(H,22,23)/t11-,12-,13+/m0/s1. The number of alkyl halides is 1. The zero-order chi connectivity index (χ0) is 22.2. The largest absolute Gasteiger partial charge is 0.467 e. The highest BCUT2D eigenvalue weighted by molar-refractivity contribution is 6.31. The van der Waals surface area contributed by atoms with E-state index in [9.17, 15) is 19.2 Å². The van der Waals surface area contributed by atoms with E-state index in [1.807, 2.05) is 0 Å². The van der Waals surface area contributed by atoms with Crippen molar-refractivity contribution in [3.8, 4) is 0 Å². The molecule has 9 nitrogen and oxygen atoms in total. The Balaban J connectivity index is 4.99. The molecular formula is C18H32ClN3O6.